The summed E-state index contributed by atoms with van der Waals surface area (Å²) in [5.41, 5.74) is 3.12. The van der Waals surface area contributed by atoms with Crippen LogP contribution in [-0.2, 0) is 24.9 Å². The Labute approximate surface area is 156 Å². The van der Waals surface area contributed by atoms with Crippen LogP contribution >= 0.6 is 23.1 Å². The molecule has 0 aromatic carbocycles. The summed E-state index contributed by atoms with van der Waals surface area (Å²) in [6.45, 7) is 0.157. The van der Waals surface area contributed by atoms with Gasteiger partial charge in [0, 0.05) is 29.0 Å². The summed E-state index contributed by atoms with van der Waals surface area (Å²) < 4.78 is 4.85. The molecule has 0 fully saturated rings. The fraction of sp³-hybridized carbons (Fsp3) is 0.231. The minimum absolute atomic E-state index is 0.157. The van der Waals surface area contributed by atoms with Crippen LogP contribution in [0.2, 0.25) is 0 Å². The molecule has 0 unspecified atom stereocenters. The molecule has 1 aliphatic rings. The number of hydroxylamine groups is 2. The average Bonchev–Trinajstić information content (AvgIpc) is 3.07. The lowest BCUT2D eigenvalue weighted by Gasteiger charge is -2.22. The number of aliphatic imine (C=N–C) groups is 2. The summed E-state index contributed by atoms with van der Waals surface area (Å²) in [6, 6.07) is -0.393. The Morgan fingerprint density at radius 3 is 3.04 bits per heavy atom. The van der Waals surface area contributed by atoms with Gasteiger partial charge in [0.05, 0.1) is 12.2 Å². The van der Waals surface area contributed by atoms with Gasteiger partial charge in [-0.2, -0.15) is 22.1 Å². The fourth-order valence-electron chi connectivity index (χ4n) is 1.59. The fourth-order valence-corrected chi connectivity index (χ4v) is 3.15. The van der Waals surface area contributed by atoms with Crippen LogP contribution in [0.25, 0.3) is 0 Å². The first-order chi connectivity index (χ1) is 12.6. The van der Waals surface area contributed by atoms with Crippen molar-refractivity contribution in [2.45, 2.75) is 5.75 Å². The highest BCUT2D eigenvalue weighted by Crippen LogP contribution is 2.21. The first kappa shape index (κ1) is 19.4. The SMILES string of the molecule is N#CN=C1OC(=O)/C=C\C(=O)ON1CCSCc1csc(/N=C/NN)n1. The van der Waals surface area contributed by atoms with Crippen molar-refractivity contribution in [3.05, 3.63) is 23.2 Å². The molecule has 3 N–H and O–H groups in total. The Morgan fingerprint density at radius 2 is 2.27 bits per heavy atom. The van der Waals surface area contributed by atoms with Gasteiger partial charge in [-0.05, 0) is 0 Å². The van der Waals surface area contributed by atoms with Gasteiger partial charge >= 0.3 is 18.0 Å². The van der Waals surface area contributed by atoms with E-state index in [4.69, 9.17) is 20.7 Å². The Hall–Kier alpha value is -2.95. The number of nitriles is 1. The molecule has 1 aliphatic heterocycles. The zero-order valence-electron chi connectivity index (χ0n) is 13.2. The average molecular weight is 395 g/mol. The maximum absolute atomic E-state index is 11.5. The van der Waals surface area contributed by atoms with Gasteiger partial charge in [0.2, 0.25) is 11.3 Å². The van der Waals surface area contributed by atoms with Crippen molar-refractivity contribution in [3.63, 3.8) is 0 Å². The predicted molar refractivity (Wildman–Crippen MR) is 94.8 cm³/mol. The van der Waals surface area contributed by atoms with E-state index in [-0.39, 0.29) is 6.54 Å². The second-order valence-corrected chi connectivity index (χ2v) is 6.30. The second kappa shape index (κ2) is 10.1. The molecule has 2 heterocycles. The number of thioether (sulfide) groups is 1. The van der Waals surface area contributed by atoms with E-state index in [1.165, 1.54) is 35.6 Å². The van der Waals surface area contributed by atoms with Crippen LogP contribution in [0.5, 0.6) is 0 Å². The summed E-state index contributed by atoms with van der Waals surface area (Å²) >= 11 is 2.86. The summed E-state index contributed by atoms with van der Waals surface area (Å²) in [7, 11) is 0. The molecular formula is C13H13N7O4S2. The Morgan fingerprint density at radius 1 is 1.46 bits per heavy atom. The largest absolute Gasteiger partial charge is 0.386 e. The van der Waals surface area contributed by atoms with Crippen molar-refractivity contribution < 1.29 is 19.2 Å². The Balaban J connectivity index is 1.88. The number of aromatic nitrogens is 1. The van der Waals surface area contributed by atoms with E-state index in [2.05, 4.69) is 20.4 Å². The van der Waals surface area contributed by atoms with E-state index in [1.807, 2.05) is 5.38 Å². The number of hydrazine groups is 1. The number of thiazole rings is 1. The number of ether oxygens (including phenoxy) is 1. The third-order valence-corrected chi connectivity index (χ3v) is 4.35. The number of amidine groups is 1. The van der Waals surface area contributed by atoms with E-state index in [0.717, 1.165) is 22.9 Å². The number of nitrogens with zero attached hydrogens (tertiary/aromatic N) is 5. The maximum atomic E-state index is 11.5. The highest BCUT2D eigenvalue weighted by atomic mass is 32.2. The van der Waals surface area contributed by atoms with E-state index < -0.39 is 18.0 Å². The number of nitrogens with one attached hydrogen (secondary N) is 1. The van der Waals surface area contributed by atoms with E-state index in [1.54, 1.807) is 0 Å². The van der Waals surface area contributed by atoms with Gasteiger partial charge in [-0.1, -0.05) is 0 Å². The zero-order chi connectivity index (χ0) is 18.8. The predicted octanol–water partition coefficient (Wildman–Crippen LogP) is 0.210. The molecule has 136 valence electrons. The maximum Gasteiger partial charge on any atom is 0.356 e. The highest BCUT2D eigenvalue weighted by molar-refractivity contribution is 7.98. The lowest BCUT2D eigenvalue weighted by atomic mass is 10.5. The number of esters is 1. The van der Waals surface area contributed by atoms with Crippen LogP contribution < -0.4 is 11.3 Å². The highest BCUT2D eigenvalue weighted by Gasteiger charge is 2.22. The summed E-state index contributed by atoms with van der Waals surface area (Å²) in [6.07, 6.45) is 4.65. The molecule has 0 aliphatic carbocycles. The smallest absolute Gasteiger partial charge is 0.356 e. The minimum Gasteiger partial charge on any atom is -0.386 e. The van der Waals surface area contributed by atoms with Crippen molar-refractivity contribution >= 4 is 52.5 Å². The van der Waals surface area contributed by atoms with Crippen LogP contribution in [0.1, 0.15) is 5.69 Å². The number of carbonyl (C=O) groups excluding carboxylic acids is 2. The Kier molecular flexibility index (Phi) is 7.55. The van der Waals surface area contributed by atoms with Crippen molar-refractivity contribution in [2.24, 2.45) is 15.8 Å². The lowest BCUT2D eigenvalue weighted by molar-refractivity contribution is -0.171. The van der Waals surface area contributed by atoms with Gasteiger partial charge in [-0.3, -0.25) is 0 Å². The molecule has 2 rings (SSSR count). The summed E-state index contributed by atoms with van der Waals surface area (Å²) in [5.74, 6) is 4.58. The third kappa shape index (κ3) is 6.16. The monoisotopic (exact) mass is 395 g/mol. The van der Waals surface area contributed by atoms with E-state index in [9.17, 15) is 9.59 Å². The van der Waals surface area contributed by atoms with Crippen molar-refractivity contribution in [1.29, 1.82) is 5.26 Å². The van der Waals surface area contributed by atoms with Gasteiger partial charge < -0.3 is 15.0 Å². The van der Waals surface area contributed by atoms with Gasteiger partial charge in [0.1, 0.15) is 6.34 Å². The van der Waals surface area contributed by atoms with Crippen LogP contribution in [0.4, 0.5) is 5.13 Å². The molecule has 13 heteroatoms. The third-order valence-electron chi connectivity index (χ3n) is 2.58. The van der Waals surface area contributed by atoms with Gasteiger partial charge in [-0.15, -0.1) is 16.3 Å². The molecule has 0 atom stereocenters. The first-order valence-electron chi connectivity index (χ1n) is 6.99. The molecular weight excluding hydrogens is 382 g/mol. The summed E-state index contributed by atoms with van der Waals surface area (Å²) in [5, 5.41) is 12.1. The van der Waals surface area contributed by atoms with Crippen LogP contribution in [0.15, 0.2) is 27.5 Å². The molecule has 0 radical (unpaired) electrons. The molecule has 1 aromatic rings. The molecule has 0 amide bonds. The minimum atomic E-state index is -0.823. The van der Waals surface area contributed by atoms with Crippen molar-refractivity contribution in [1.82, 2.24) is 15.5 Å². The molecule has 11 nitrogen and oxygen atoms in total. The second-order valence-electron chi connectivity index (χ2n) is 4.36. The van der Waals surface area contributed by atoms with Crippen LogP contribution in [0, 0.1) is 11.5 Å². The quantitative estimate of drug-likeness (QED) is 0.124. The van der Waals surface area contributed by atoms with E-state index >= 15 is 0 Å². The van der Waals surface area contributed by atoms with Crippen LogP contribution in [-0.4, -0.2) is 46.6 Å². The molecule has 0 spiro atoms. The van der Waals surface area contributed by atoms with Crippen molar-refractivity contribution in [2.75, 3.05) is 12.3 Å². The number of hydrogen-bond acceptors (Lipinski definition) is 11. The number of rotatable bonds is 7. The Bertz CT molecular complexity index is 784. The standard InChI is InChI=1S/C13H13N7O4S2/c14-7-16-13-20(24-11(22)2-1-10(21)23-13)3-4-25-5-9-6-26-12(19-9)17-8-18-15/h1-2,6,8H,3-5,15H2,(H,17,18,19)/b2-1-,16-13?. The topological polar surface area (TPSA) is 155 Å². The molecule has 0 saturated carbocycles. The molecule has 26 heavy (non-hydrogen) atoms. The van der Waals surface area contributed by atoms with Gasteiger partial charge in [-0.25, -0.2) is 25.4 Å². The normalized spacial score (nSPS) is 17.4. The van der Waals surface area contributed by atoms with Gasteiger partial charge in [0.15, 0.2) is 0 Å². The zero-order valence-corrected chi connectivity index (χ0v) is 14.8. The van der Waals surface area contributed by atoms with Gasteiger partial charge in [0.25, 0.3) is 0 Å². The molecule has 1 aromatic heterocycles. The van der Waals surface area contributed by atoms with E-state index in [0.29, 0.717) is 16.6 Å². The van der Waals surface area contributed by atoms with Crippen LogP contribution in [0.3, 0.4) is 0 Å². The van der Waals surface area contributed by atoms with Crippen molar-refractivity contribution in [3.8, 4) is 6.19 Å². The number of carbonyl (C=O) groups is 2. The molecule has 0 bridgehead atoms. The summed E-state index contributed by atoms with van der Waals surface area (Å²) in [4.78, 5) is 39.6. The number of hydrogen-bond donors (Lipinski definition) is 2. The lowest BCUT2D eigenvalue weighted by Crippen LogP contribution is -2.38. The number of nitrogens with two attached hydrogens (primary N) is 1. The molecule has 0 saturated heterocycles. The first-order valence-corrected chi connectivity index (χ1v) is 9.02. The number of cyclic esters (lactones) is 1.